The van der Waals surface area contributed by atoms with Gasteiger partial charge in [-0.05, 0) is 36.8 Å². The predicted molar refractivity (Wildman–Crippen MR) is 100 cm³/mol. The van der Waals surface area contributed by atoms with Gasteiger partial charge in [-0.3, -0.25) is 9.89 Å². The molecule has 0 fully saturated rings. The van der Waals surface area contributed by atoms with E-state index in [1.165, 1.54) is 20.4 Å². The van der Waals surface area contributed by atoms with Gasteiger partial charge in [0.25, 0.3) is 0 Å². The first-order valence-corrected chi connectivity index (χ1v) is 9.45. The molecule has 27 heavy (non-hydrogen) atoms. The number of benzene rings is 1. The van der Waals surface area contributed by atoms with Gasteiger partial charge in [0.05, 0.1) is 31.6 Å². The quantitative estimate of drug-likeness (QED) is 0.660. The molecule has 0 spiro atoms. The van der Waals surface area contributed by atoms with Crippen molar-refractivity contribution in [2.24, 2.45) is 0 Å². The number of methoxy groups -OCH3 is 1. The maximum absolute atomic E-state index is 12.9. The number of sulfonamides is 1. The van der Waals surface area contributed by atoms with Gasteiger partial charge in [-0.2, -0.15) is 9.40 Å². The fourth-order valence-corrected chi connectivity index (χ4v) is 3.96. The smallest absolute Gasteiger partial charge is 0.245 e. The Labute approximate surface area is 156 Å². The van der Waals surface area contributed by atoms with Crippen LogP contribution in [0.15, 0.2) is 41.6 Å². The number of anilines is 1. The van der Waals surface area contributed by atoms with E-state index in [0.717, 1.165) is 9.87 Å². The first-order chi connectivity index (χ1) is 12.8. The first kappa shape index (κ1) is 18.8. The zero-order valence-electron chi connectivity index (χ0n) is 15.1. The van der Waals surface area contributed by atoms with Crippen molar-refractivity contribution in [2.75, 3.05) is 26.0 Å². The molecule has 3 rings (SSSR count). The van der Waals surface area contributed by atoms with Crippen LogP contribution in [0.25, 0.3) is 10.9 Å². The van der Waals surface area contributed by atoms with Crippen LogP contribution in [0.4, 0.5) is 5.82 Å². The van der Waals surface area contributed by atoms with Gasteiger partial charge in [-0.1, -0.05) is 0 Å². The molecule has 2 heterocycles. The minimum atomic E-state index is -3.90. The second-order valence-electron chi connectivity index (χ2n) is 5.99. The third kappa shape index (κ3) is 3.91. The molecule has 0 aliphatic heterocycles. The molecule has 0 aliphatic carbocycles. The highest BCUT2D eigenvalue weighted by molar-refractivity contribution is 7.89. The van der Waals surface area contributed by atoms with Gasteiger partial charge in [-0.15, -0.1) is 0 Å². The minimum absolute atomic E-state index is 0.0767. The Hall–Kier alpha value is -2.98. The number of hydrogen-bond donors (Lipinski definition) is 2. The average molecular weight is 389 g/mol. The lowest BCUT2D eigenvalue weighted by Gasteiger charge is -2.17. The molecule has 9 nitrogen and oxygen atoms in total. The van der Waals surface area contributed by atoms with Gasteiger partial charge in [0, 0.05) is 12.4 Å². The van der Waals surface area contributed by atoms with E-state index in [4.69, 9.17) is 4.74 Å². The van der Waals surface area contributed by atoms with E-state index in [1.807, 2.05) is 6.07 Å². The van der Waals surface area contributed by atoms with Crippen LogP contribution in [0, 0.1) is 6.92 Å². The Balaban J connectivity index is 1.78. The van der Waals surface area contributed by atoms with Crippen molar-refractivity contribution < 1.29 is 17.9 Å². The Kier molecular flexibility index (Phi) is 5.10. The number of aryl methyl sites for hydroxylation is 1. The number of aromatic nitrogens is 3. The lowest BCUT2D eigenvalue weighted by Crippen LogP contribution is -2.35. The Morgan fingerprint density at radius 2 is 2.07 bits per heavy atom. The summed E-state index contributed by atoms with van der Waals surface area (Å²) in [5.41, 5.74) is 1.19. The third-order valence-electron chi connectivity index (χ3n) is 3.95. The highest BCUT2D eigenvalue weighted by Crippen LogP contribution is 2.25. The number of fused-ring (bicyclic) bond motifs is 1. The molecular formula is C17H19N5O4S. The fraction of sp³-hybridized carbons (Fsp3) is 0.235. The average Bonchev–Trinajstić information content (AvgIpc) is 3.09. The van der Waals surface area contributed by atoms with Crippen molar-refractivity contribution >= 4 is 32.7 Å². The van der Waals surface area contributed by atoms with E-state index in [2.05, 4.69) is 20.5 Å². The number of ether oxygens (including phenoxy) is 1. The standard InChI is InChI=1S/C17H19N5O4S/c1-11-6-12-8-19-21-17(12)14(7-11)27(24,25)22(2)10-16(23)20-15-5-4-13(26-3)9-18-15/h4-9H,10H2,1-3H3,(H,19,21)(H,18,20,23). The Morgan fingerprint density at radius 3 is 2.74 bits per heavy atom. The monoisotopic (exact) mass is 389 g/mol. The van der Waals surface area contributed by atoms with E-state index in [1.54, 1.807) is 31.3 Å². The lowest BCUT2D eigenvalue weighted by atomic mass is 10.2. The van der Waals surface area contributed by atoms with Gasteiger partial charge < -0.3 is 10.1 Å². The number of nitrogens with zero attached hydrogens (tertiary/aromatic N) is 3. The topological polar surface area (TPSA) is 117 Å². The number of amides is 1. The third-order valence-corrected chi connectivity index (χ3v) is 5.78. The lowest BCUT2D eigenvalue weighted by molar-refractivity contribution is -0.116. The van der Waals surface area contributed by atoms with Gasteiger partial charge in [-0.25, -0.2) is 13.4 Å². The van der Waals surface area contributed by atoms with Gasteiger partial charge in [0.1, 0.15) is 16.5 Å². The molecule has 0 aliphatic rings. The summed E-state index contributed by atoms with van der Waals surface area (Å²) >= 11 is 0. The van der Waals surface area contributed by atoms with E-state index in [0.29, 0.717) is 22.5 Å². The maximum atomic E-state index is 12.9. The number of rotatable bonds is 6. The molecule has 0 saturated heterocycles. The summed E-state index contributed by atoms with van der Waals surface area (Å²) in [5.74, 6) is 0.348. The Bertz CT molecular complexity index is 1080. The van der Waals surface area contributed by atoms with Gasteiger partial charge in [0.15, 0.2) is 0 Å². The predicted octanol–water partition coefficient (Wildman–Crippen LogP) is 1.53. The largest absolute Gasteiger partial charge is 0.495 e. The zero-order chi connectivity index (χ0) is 19.6. The highest BCUT2D eigenvalue weighted by Gasteiger charge is 2.26. The van der Waals surface area contributed by atoms with E-state index >= 15 is 0 Å². The fourth-order valence-electron chi connectivity index (χ4n) is 2.58. The van der Waals surface area contributed by atoms with Crippen molar-refractivity contribution in [1.82, 2.24) is 19.5 Å². The van der Waals surface area contributed by atoms with Crippen molar-refractivity contribution in [3.63, 3.8) is 0 Å². The number of hydrogen-bond acceptors (Lipinski definition) is 6. The molecule has 0 bridgehead atoms. The molecule has 1 aromatic carbocycles. The summed E-state index contributed by atoms with van der Waals surface area (Å²) < 4.78 is 31.9. The summed E-state index contributed by atoms with van der Waals surface area (Å²) in [6.07, 6.45) is 3.02. The molecule has 142 valence electrons. The molecule has 3 aromatic rings. The molecule has 0 unspecified atom stereocenters. The van der Waals surface area contributed by atoms with Gasteiger partial charge >= 0.3 is 0 Å². The van der Waals surface area contributed by atoms with Crippen molar-refractivity contribution in [3.05, 3.63) is 42.2 Å². The summed E-state index contributed by atoms with van der Waals surface area (Å²) in [6, 6.07) is 6.60. The van der Waals surface area contributed by atoms with E-state index < -0.39 is 15.9 Å². The molecule has 0 radical (unpaired) electrons. The summed E-state index contributed by atoms with van der Waals surface area (Å²) in [4.78, 5) is 16.3. The Morgan fingerprint density at radius 1 is 1.30 bits per heavy atom. The first-order valence-electron chi connectivity index (χ1n) is 8.01. The highest BCUT2D eigenvalue weighted by atomic mass is 32.2. The number of aromatic amines is 1. The number of nitrogens with one attached hydrogen (secondary N) is 2. The van der Waals surface area contributed by atoms with Crippen molar-refractivity contribution in [2.45, 2.75) is 11.8 Å². The molecule has 2 aromatic heterocycles. The van der Waals surface area contributed by atoms with E-state index in [9.17, 15) is 13.2 Å². The number of carbonyl (C=O) groups excluding carboxylic acids is 1. The summed E-state index contributed by atoms with van der Waals surface area (Å²) in [6.45, 7) is 1.44. The molecule has 2 N–H and O–H groups in total. The van der Waals surface area contributed by atoms with Crippen LogP contribution in [0.5, 0.6) is 5.75 Å². The van der Waals surface area contributed by atoms with Crippen molar-refractivity contribution in [1.29, 1.82) is 0 Å². The second-order valence-corrected chi connectivity index (χ2v) is 8.00. The molecule has 0 saturated carbocycles. The zero-order valence-corrected chi connectivity index (χ0v) is 15.9. The van der Waals surface area contributed by atoms with Gasteiger partial charge in [0.2, 0.25) is 15.9 Å². The van der Waals surface area contributed by atoms with E-state index in [-0.39, 0.29) is 11.4 Å². The minimum Gasteiger partial charge on any atom is -0.495 e. The van der Waals surface area contributed by atoms with Crippen molar-refractivity contribution in [3.8, 4) is 5.75 Å². The summed E-state index contributed by atoms with van der Waals surface area (Å²) in [5, 5.41) is 9.85. The SMILES string of the molecule is COc1ccc(NC(=O)CN(C)S(=O)(=O)c2cc(C)cc3cn[nH]c23)nc1. The van der Waals surface area contributed by atoms with Crippen LogP contribution < -0.4 is 10.1 Å². The van der Waals surface area contributed by atoms with Crippen LogP contribution in [0.2, 0.25) is 0 Å². The number of H-pyrrole nitrogens is 1. The molecule has 10 heteroatoms. The molecular weight excluding hydrogens is 370 g/mol. The second kappa shape index (κ2) is 7.33. The molecule has 1 amide bonds. The van der Waals surface area contributed by atoms with Crippen LogP contribution >= 0.6 is 0 Å². The summed E-state index contributed by atoms with van der Waals surface area (Å²) in [7, 11) is -1.04. The number of likely N-dealkylation sites (N-methyl/N-ethyl adjacent to an activating group) is 1. The van der Waals surface area contributed by atoms with Crippen LogP contribution in [0.3, 0.4) is 0 Å². The van der Waals surface area contributed by atoms with Crippen LogP contribution in [-0.4, -0.2) is 54.5 Å². The maximum Gasteiger partial charge on any atom is 0.245 e. The number of carbonyl (C=O) groups is 1. The number of pyridine rings is 1. The van der Waals surface area contributed by atoms with Crippen LogP contribution in [-0.2, 0) is 14.8 Å². The molecule has 0 atom stereocenters. The normalized spacial score (nSPS) is 11.7. The van der Waals surface area contributed by atoms with Crippen LogP contribution in [0.1, 0.15) is 5.56 Å².